The topological polar surface area (TPSA) is 24.9 Å². The highest BCUT2D eigenvalue weighted by Crippen LogP contribution is 2.40. The zero-order valence-electron chi connectivity index (χ0n) is 17.0. The van der Waals surface area contributed by atoms with Crippen LogP contribution in [-0.2, 0) is 0 Å². The lowest BCUT2D eigenvalue weighted by molar-refractivity contribution is 0.0715. The second-order valence-electron chi connectivity index (χ2n) is 7.83. The number of halogens is 1. The number of ether oxygens (including phenoxy) is 2. The van der Waals surface area contributed by atoms with E-state index >= 15 is 0 Å². The molecule has 0 saturated carbocycles. The number of fused-ring (bicyclic) bond motifs is 1. The summed E-state index contributed by atoms with van der Waals surface area (Å²) in [4.78, 5) is 5.21. The van der Waals surface area contributed by atoms with Gasteiger partial charge < -0.3 is 14.4 Å². The van der Waals surface area contributed by atoms with Crippen LogP contribution in [0.2, 0.25) is 5.02 Å². The van der Waals surface area contributed by atoms with Crippen LogP contribution in [0.1, 0.15) is 36.4 Å². The van der Waals surface area contributed by atoms with Crippen molar-refractivity contribution in [2.75, 3.05) is 38.8 Å². The van der Waals surface area contributed by atoms with Crippen molar-refractivity contribution in [2.24, 2.45) is 0 Å². The highest BCUT2D eigenvalue weighted by Gasteiger charge is 2.36. The number of hydrogen-bond donors (Lipinski definition) is 0. The van der Waals surface area contributed by atoms with Gasteiger partial charge in [0.05, 0.1) is 14.2 Å². The Balaban J connectivity index is 1.53. The standard InChI is InChI=1S/C23H29ClN2O2/c1-16-13-18(8-9-20(16)24)25-11-12-26-19(15-25)5-4-6-21(26)17-7-10-22(27-2)23(14-17)28-3/h7-10,13-14,19,21H,4-6,11-12,15H2,1-3H3/t19-,21+/m0/s1. The Hall–Kier alpha value is -1.91. The second kappa shape index (κ2) is 8.22. The van der Waals surface area contributed by atoms with E-state index in [2.05, 4.69) is 41.0 Å². The molecule has 0 bridgehead atoms. The molecule has 2 atom stereocenters. The second-order valence-corrected chi connectivity index (χ2v) is 8.24. The van der Waals surface area contributed by atoms with Crippen molar-refractivity contribution >= 4 is 17.3 Å². The van der Waals surface area contributed by atoms with E-state index in [4.69, 9.17) is 21.1 Å². The van der Waals surface area contributed by atoms with Crippen LogP contribution < -0.4 is 14.4 Å². The number of rotatable bonds is 4. The zero-order valence-corrected chi connectivity index (χ0v) is 17.7. The van der Waals surface area contributed by atoms with E-state index in [-0.39, 0.29) is 0 Å². The summed E-state index contributed by atoms with van der Waals surface area (Å²) in [6, 6.07) is 13.8. The van der Waals surface area contributed by atoms with Gasteiger partial charge in [0.1, 0.15) is 0 Å². The van der Waals surface area contributed by atoms with E-state index in [0.717, 1.165) is 41.7 Å². The van der Waals surface area contributed by atoms with E-state index in [0.29, 0.717) is 12.1 Å². The lowest BCUT2D eigenvalue weighted by Crippen LogP contribution is -2.55. The molecule has 150 valence electrons. The first-order chi connectivity index (χ1) is 13.6. The average Bonchev–Trinajstić information content (AvgIpc) is 2.74. The number of aryl methyl sites for hydroxylation is 1. The van der Waals surface area contributed by atoms with Gasteiger partial charge in [0.15, 0.2) is 11.5 Å². The lowest BCUT2D eigenvalue weighted by Gasteiger charge is -2.49. The van der Waals surface area contributed by atoms with Gasteiger partial charge in [-0.3, -0.25) is 4.90 Å². The van der Waals surface area contributed by atoms with Crippen molar-refractivity contribution in [3.63, 3.8) is 0 Å². The van der Waals surface area contributed by atoms with Gasteiger partial charge in [-0.2, -0.15) is 0 Å². The van der Waals surface area contributed by atoms with Gasteiger partial charge in [0.25, 0.3) is 0 Å². The highest BCUT2D eigenvalue weighted by atomic mass is 35.5. The van der Waals surface area contributed by atoms with Crippen molar-refractivity contribution in [1.82, 2.24) is 4.90 Å². The van der Waals surface area contributed by atoms with E-state index in [9.17, 15) is 0 Å². The van der Waals surface area contributed by atoms with Crippen molar-refractivity contribution in [2.45, 2.75) is 38.3 Å². The summed E-state index contributed by atoms with van der Waals surface area (Å²) < 4.78 is 10.9. The van der Waals surface area contributed by atoms with E-state index in [1.165, 1.54) is 30.5 Å². The number of methoxy groups -OCH3 is 2. The van der Waals surface area contributed by atoms with Crippen LogP contribution in [0.25, 0.3) is 0 Å². The van der Waals surface area contributed by atoms with Crippen molar-refractivity contribution in [3.8, 4) is 11.5 Å². The molecular weight excluding hydrogens is 372 g/mol. The third kappa shape index (κ3) is 3.68. The lowest BCUT2D eigenvalue weighted by atomic mass is 9.89. The van der Waals surface area contributed by atoms with Gasteiger partial charge in [-0.1, -0.05) is 17.7 Å². The van der Waals surface area contributed by atoms with Crippen LogP contribution in [0.4, 0.5) is 5.69 Å². The predicted molar refractivity (Wildman–Crippen MR) is 115 cm³/mol. The smallest absolute Gasteiger partial charge is 0.161 e. The molecule has 0 aromatic heterocycles. The summed E-state index contributed by atoms with van der Waals surface area (Å²) in [5.41, 5.74) is 3.77. The summed E-state index contributed by atoms with van der Waals surface area (Å²) >= 11 is 6.22. The molecule has 0 aliphatic carbocycles. The van der Waals surface area contributed by atoms with Crippen LogP contribution in [0, 0.1) is 6.92 Å². The fourth-order valence-corrected chi connectivity index (χ4v) is 4.85. The minimum absolute atomic E-state index is 0.452. The maximum absolute atomic E-state index is 6.22. The third-order valence-electron chi connectivity index (χ3n) is 6.24. The van der Waals surface area contributed by atoms with Crippen molar-refractivity contribution in [1.29, 1.82) is 0 Å². The molecule has 2 aliphatic rings. The molecule has 0 unspecified atom stereocenters. The molecule has 0 spiro atoms. The average molecular weight is 401 g/mol. The maximum atomic E-state index is 6.22. The predicted octanol–water partition coefficient (Wildman–Crippen LogP) is 5.08. The Kier molecular flexibility index (Phi) is 5.70. The van der Waals surface area contributed by atoms with E-state index in [1.807, 2.05) is 12.1 Å². The van der Waals surface area contributed by atoms with Crippen molar-refractivity contribution in [3.05, 3.63) is 52.5 Å². The number of piperidine rings is 1. The summed E-state index contributed by atoms with van der Waals surface area (Å²) in [5.74, 6) is 1.61. The molecule has 4 nitrogen and oxygen atoms in total. The maximum Gasteiger partial charge on any atom is 0.161 e. The molecule has 2 aromatic carbocycles. The molecule has 2 aromatic rings. The summed E-state index contributed by atoms with van der Waals surface area (Å²) in [7, 11) is 3.39. The SMILES string of the molecule is COc1ccc([C@H]2CCC[C@H]3CN(c4ccc(Cl)c(C)c4)CCN32)cc1OC. The molecule has 2 aliphatic heterocycles. The minimum Gasteiger partial charge on any atom is -0.493 e. The van der Waals surface area contributed by atoms with E-state index in [1.54, 1.807) is 14.2 Å². The largest absolute Gasteiger partial charge is 0.493 e. The zero-order chi connectivity index (χ0) is 19.7. The molecule has 0 N–H and O–H groups in total. The molecule has 0 radical (unpaired) electrons. The molecule has 0 amide bonds. The van der Waals surface area contributed by atoms with Gasteiger partial charge in [-0.05, 0) is 67.6 Å². The number of hydrogen-bond acceptors (Lipinski definition) is 4. The summed E-state index contributed by atoms with van der Waals surface area (Å²) in [6.45, 7) is 5.27. The van der Waals surface area contributed by atoms with Crippen LogP contribution in [0.5, 0.6) is 11.5 Å². The van der Waals surface area contributed by atoms with Crippen LogP contribution >= 0.6 is 11.6 Å². The Morgan fingerprint density at radius 1 is 0.964 bits per heavy atom. The Labute approximate surface area is 173 Å². The molecular formula is C23H29ClN2O2. The van der Waals surface area contributed by atoms with Crippen molar-refractivity contribution < 1.29 is 9.47 Å². The molecule has 2 fully saturated rings. The van der Waals surface area contributed by atoms with Gasteiger partial charge >= 0.3 is 0 Å². The Bertz CT molecular complexity index is 841. The van der Waals surface area contributed by atoms with Gasteiger partial charge in [0.2, 0.25) is 0 Å². The molecule has 28 heavy (non-hydrogen) atoms. The van der Waals surface area contributed by atoms with Crippen LogP contribution in [0.3, 0.4) is 0 Å². The fourth-order valence-electron chi connectivity index (χ4n) is 4.73. The first kappa shape index (κ1) is 19.4. The first-order valence-corrected chi connectivity index (χ1v) is 10.5. The normalized spacial score (nSPS) is 22.6. The van der Waals surface area contributed by atoms with Gasteiger partial charge in [-0.15, -0.1) is 0 Å². The molecule has 5 heteroatoms. The molecule has 2 heterocycles. The first-order valence-electron chi connectivity index (χ1n) is 10.1. The van der Waals surface area contributed by atoms with E-state index < -0.39 is 0 Å². The quantitative estimate of drug-likeness (QED) is 0.714. The number of anilines is 1. The Morgan fingerprint density at radius 3 is 2.54 bits per heavy atom. The van der Waals surface area contributed by atoms with Gasteiger partial charge in [-0.25, -0.2) is 0 Å². The van der Waals surface area contributed by atoms with Crippen LogP contribution in [0.15, 0.2) is 36.4 Å². The highest BCUT2D eigenvalue weighted by molar-refractivity contribution is 6.31. The fraction of sp³-hybridized carbons (Fsp3) is 0.478. The van der Waals surface area contributed by atoms with Crippen LogP contribution in [-0.4, -0.2) is 44.8 Å². The molecule has 2 saturated heterocycles. The minimum atomic E-state index is 0.452. The number of nitrogens with zero attached hydrogens (tertiary/aromatic N) is 2. The summed E-state index contributed by atoms with van der Waals surface area (Å²) in [5, 5.41) is 0.841. The van der Waals surface area contributed by atoms with Gasteiger partial charge in [0, 0.05) is 42.4 Å². The number of piperazine rings is 1. The third-order valence-corrected chi connectivity index (χ3v) is 6.67. The summed E-state index contributed by atoms with van der Waals surface area (Å²) in [6.07, 6.45) is 3.71. The Morgan fingerprint density at radius 2 is 1.79 bits per heavy atom. The number of benzene rings is 2. The monoisotopic (exact) mass is 400 g/mol. The molecule has 4 rings (SSSR count).